The first kappa shape index (κ1) is 15.8. The summed E-state index contributed by atoms with van der Waals surface area (Å²) in [5, 5.41) is 20.9. The Bertz CT molecular complexity index is 332. The van der Waals surface area contributed by atoms with Gasteiger partial charge in [0.1, 0.15) is 5.60 Å². The molecular weight excluding hydrogens is 250 g/mol. The summed E-state index contributed by atoms with van der Waals surface area (Å²) >= 11 is 0. The van der Waals surface area contributed by atoms with Gasteiger partial charge in [-0.1, -0.05) is 12.8 Å². The van der Waals surface area contributed by atoms with E-state index in [2.05, 4.69) is 5.32 Å². The van der Waals surface area contributed by atoms with Gasteiger partial charge in [0.05, 0.1) is 6.04 Å². The summed E-state index contributed by atoms with van der Waals surface area (Å²) in [5.74, 6) is -0.735. The molecule has 1 amide bonds. The number of hydrogen-bond donors (Lipinski definition) is 3. The highest BCUT2D eigenvalue weighted by Crippen LogP contribution is 2.34. The topological polar surface area (TPSA) is 95.9 Å². The van der Waals surface area contributed by atoms with Crippen LogP contribution in [0.5, 0.6) is 0 Å². The first-order valence-electron chi connectivity index (χ1n) is 6.59. The molecule has 6 heteroatoms. The summed E-state index contributed by atoms with van der Waals surface area (Å²) < 4.78 is 5.07. The number of aliphatic carboxylic acids is 1. The average molecular weight is 273 g/mol. The monoisotopic (exact) mass is 273 g/mol. The van der Waals surface area contributed by atoms with Crippen molar-refractivity contribution < 1.29 is 24.5 Å². The number of carboxylic acids is 1. The van der Waals surface area contributed by atoms with Gasteiger partial charge in [-0.25, -0.2) is 9.59 Å². The zero-order valence-corrected chi connectivity index (χ0v) is 11.7. The standard InChI is InChI=1S/C13H23NO5/c1-13(2,3)19-12(18)14-9(10(15)11(16)17)7-6-8-4-5-8/h8-10,15H,4-7H2,1-3H3,(H,14,18)(H,16,17). The summed E-state index contributed by atoms with van der Waals surface area (Å²) in [6.07, 6.45) is 1.23. The molecule has 0 spiro atoms. The second kappa shape index (κ2) is 6.23. The van der Waals surface area contributed by atoms with E-state index in [4.69, 9.17) is 9.84 Å². The lowest BCUT2D eigenvalue weighted by Crippen LogP contribution is -2.48. The third-order valence-electron chi connectivity index (χ3n) is 2.92. The Balaban J connectivity index is 2.51. The van der Waals surface area contributed by atoms with Crippen molar-refractivity contribution in [2.24, 2.45) is 5.92 Å². The van der Waals surface area contributed by atoms with E-state index in [-0.39, 0.29) is 0 Å². The molecular formula is C13H23NO5. The average Bonchev–Trinajstić information content (AvgIpc) is 3.04. The fourth-order valence-electron chi connectivity index (χ4n) is 1.76. The summed E-state index contributed by atoms with van der Waals surface area (Å²) in [6, 6.07) is -0.812. The zero-order valence-electron chi connectivity index (χ0n) is 11.7. The fourth-order valence-corrected chi connectivity index (χ4v) is 1.76. The molecule has 0 radical (unpaired) electrons. The zero-order chi connectivity index (χ0) is 14.6. The Morgan fingerprint density at radius 1 is 1.37 bits per heavy atom. The number of carboxylic acid groups (broad SMARTS) is 1. The first-order valence-corrected chi connectivity index (χ1v) is 6.59. The number of ether oxygens (including phenoxy) is 1. The molecule has 0 heterocycles. The Labute approximate surface area is 113 Å². The summed E-state index contributed by atoms with van der Waals surface area (Å²) in [5.41, 5.74) is -0.653. The van der Waals surface area contributed by atoms with Crippen LogP contribution in [-0.4, -0.2) is 40.0 Å². The molecule has 0 aromatic heterocycles. The molecule has 1 saturated carbocycles. The molecule has 1 aliphatic rings. The van der Waals surface area contributed by atoms with Crippen molar-refractivity contribution in [3.63, 3.8) is 0 Å². The first-order chi connectivity index (χ1) is 8.69. The van der Waals surface area contributed by atoms with E-state index in [1.54, 1.807) is 20.8 Å². The molecule has 1 fully saturated rings. The largest absolute Gasteiger partial charge is 0.479 e. The lowest BCUT2D eigenvalue weighted by molar-refractivity contribution is -0.148. The van der Waals surface area contributed by atoms with Gasteiger partial charge in [-0.15, -0.1) is 0 Å². The second-order valence-electron chi connectivity index (χ2n) is 6.06. The molecule has 2 atom stereocenters. The molecule has 0 bridgehead atoms. The van der Waals surface area contributed by atoms with Crippen LogP contribution in [0.1, 0.15) is 46.5 Å². The molecule has 3 N–H and O–H groups in total. The van der Waals surface area contributed by atoms with Crippen molar-refractivity contribution >= 4 is 12.1 Å². The number of aliphatic hydroxyl groups excluding tert-OH is 1. The number of hydrogen-bond acceptors (Lipinski definition) is 4. The van der Waals surface area contributed by atoms with Crippen molar-refractivity contribution in [1.82, 2.24) is 5.32 Å². The van der Waals surface area contributed by atoms with Crippen molar-refractivity contribution in [3.8, 4) is 0 Å². The minimum absolute atomic E-state index is 0.442. The SMILES string of the molecule is CC(C)(C)OC(=O)NC(CCC1CC1)C(O)C(=O)O. The van der Waals surface area contributed by atoms with Gasteiger partial charge in [0.25, 0.3) is 0 Å². The van der Waals surface area contributed by atoms with E-state index in [1.807, 2.05) is 0 Å². The fraction of sp³-hybridized carbons (Fsp3) is 0.846. The number of carbonyl (C=O) groups is 2. The van der Waals surface area contributed by atoms with Gasteiger partial charge in [-0.3, -0.25) is 0 Å². The third-order valence-corrected chi connectivity index (χ3v) is 2.92. The maximum absolute atomic E-state index is 11.6. The van der Waals surface area contributed by atoms with Crippen molar-refractivity contribution in [3.05, 3.63) is 0 Å². The maximum Gasteiger partial charge on any atom is 0.407 e. The smallest absolute Gasteiger partial charge is 0.407 e. The van der Waals surface area contributed by atoms with Crippen molar-refractivity contribution in [1.29, 1.82) is 0 Å². The van der Waals surface area contributed by atoms with Gasteiger partial charge in [0, 0.05) is 0 Å². The van der Waals surface area contributed by atoms with Gasteiger partial charge in [0.2, 0.25) is 0 Å². The Morgan fingerprint density at radius 3 is 2.37 bits per heavy atom. The third kappa shape index (κ3) is 6.42. The Kier molecular flexibility index (Phi) is 5.17. The van der Waals surface area contributed by atoms with Crippen LogP contribution < -0.4 is 5.32 Å². The molecule has 2 unspecified atom stereocenters. The van der Waals surface area contributed by atoms with Crippen LogP contribution in [0.2, 0.25) is 0 Å². The molecule has 1 rings (SSSR count). The molecule has 0 aliphatic heterocycles. The highest BCUT2D eigenvalue weighted by atomic mass is 16.6. The summed E-state index contributed by atoms with van der Waals surface area (Å²) in [6.45, 7) is 5.16. The summed E-state index contributed by atoms with van der Waals surface area (Å²) in [4.78, 5) is 22.4. The van der Waals surface area contributed by atoms with Crippen LogP contribution in [-0.2, 0) is 9.53 Å². The van der Waals surface area contributed by atoms with Gasteiger partial charge >= 0.3 is 12.1 Å². The van der Waals surface area contributed by atoms with E-state index in [0.29, 0.717) is 12.3 Å². The summed E-state index contributed by atoms with van der Waals surface area (Å²) in [7, 11) is 0. The number of amides is 1. The van der Waals surface area contributed by atoms with Gasteiger partial charge < -0.3 is 20.3 Å². The molecule has 1 aliphatic carbocycles. The van der Waals surface area contributed by atoms with Gasteiger partial charge in [-0.05, 0) is 39.5 Å². The van der Waals surface area contributed by atoms with Gasteiger partial charge in [-0.2, -0.15) is 0 Å². The number of carbonyl (C=O) groups excluding carboxylic acids is 1. The van der Waals surface area contributed by atoms with Crippen LogP contribution in [0.4, 0.5) is 4.79 Å². The van der Waals surface area contributed by atoms with E-state index in [9.17, 15) is 14.7 Å². The van der Waals surface area contributed by atoms with Gasteiger partial charge in [0.15, 0.2) is 6.10 Å². The minimum atomic E-state index is -1.61. The van der Waals surface area contributed by atoms with Crippen LogP contribution in [0, 0.1) is 5.92 Å². The number of aliphatic hydroxyl groups is 1. The lowest BCUT2D eigenvalue weighted by Gasteiger charge is -2.25. The predicted molar refractivity (Wildman–Crippen MR) is 68.8 cm³/mol. The number of alkyl carbamates (subject to hydrolysis) is 1. The van der Waals surface area contributed by atoms with Crippen LogP contribution >= 0.6 is 0 Å². The molecule has 0 aromatic carbocycles. The molecule has 0 saturated heterocycles. The van der Waals surface area contributed by atoms with Crippen molar-refractivity contribution in [2.45, 2.75) is 64.2 Å². The highest BCUT2D eigenvalue weighted by Gasteiger charge is 2.31. The van der Waals surface area contributed by atoms with E-state index < -0.39 is 29.8 Å². The molecule has 110 valence electrons. The predicted octanol–water partition coefficient (Wildman–Crippen LogP) is 1.52. The quantitative estimate of drug-likeness (QED) is 0.682. The van der Waals surface area contributed by atoms with E-state index >= 15 is 0 Å². The van der Waals surface area contributed by atoms with E-state index in [0.717, 1.165) is 19.3 Å². The van der Waals surface area contributed by atoms with Crippen molar-refractivity contribution in [2.75, 3.05) is 0 Å². The Hall–Kier alpha value is -1.30. The Morgan fingerprint density at radius 2 is 1.95 bits per heavy atom. The minimum Gasteiger partial charge on any atom is -0.479 e. The number of rotatable bonds is 6. The maximum atomic E-state index is 11.6. The molecule has 19 heavy (non-hydrogen) atoms. The van der Waals surface area contributed by atoms with Crippen LogP contribution in [0.25, 0.3) is 0 Å². The molecule has 6 nitrogen and oxygen atoms in total. The normalized spacial score (nSPS) is 18.5. The van der Waals surface area contributed by atoms with Crippen LogP contribution in [0.15, 0.2) is 0 Å². The highest BCUT2D eigenvalue weighted by molar-refractivity contribution is 5.75. The molecule has 0 aromatic rings. The van der Waals surface area contributed by atoms with E-state index in [1.165, 1.54) is 0 Å². The van der Waals surface area contributed by atoms with Crippen LogP contribution in [0.3, 0.4) is 0 Å². The lowest BCUT2D eigenvalue weighted by atomic mass is 10.0. The number of nitrogens with one attached hydrogen (secondary N) is 1. The second-order valence-corrected chi connectivity index (χ2v) is 6.06.